The second kappa shape index (κ2) is 6.67. The summed E-state index contributed by atoms with van der Waals surface area (Å²) in [5.41, 5.74) is 1.60. The molecule has 0 bridgehead atoms. The minimum Gasteiger partial charge on any atom is -0.497 e. The number of fused-ring (bicyclic) bond motifs is 2. The fraction of sp³-hybridized carbons (Fsp3) is 0.316. The van der Waals surface area contributed by atoms with E-state index in [2.05, 4.69) is 5.32 Å². The molecule has 0 spiro atoms. The van der Waals surface area contributed by atoms with Crippen LogP contribution in [0.4, 0.5) is 5.69 Å². The first-order valence-electron chi connectivity index (χ1n) is 8.29. The van der Waals surface area contributed by atoms with Gasteiger partial charge in [-0.05, 0) is 24.5 Å². The highest BCUT2D eigenvalue weighted by atomic mass is 16.7. The maximum absolute atomic E-state index is 12.6. The first-order chi connectivity index (χ1) is 12.7. The third-order valence-corrected chi connectivity index (χ3v) is 4.41. The number of hydrogen-bond acceptors (Lipinski definition) is 6. The Bertz CT molecular complexity index is 828. The van der Waals surface area contributed by atoms with Crippen molar-refractivity contribution < 1.29 is 28.5 Å². The molecule has 0 aliphatic carbocycles. The molecule has 2 heterocycles. The molecule has 1 atom stereocenters. The number of benzene rings is 2. The smallest absolute Gasteiger partial charge is 0.265 e. The van der Waals surface area contributed by atoms with E-state index < -0.39 is 6.10 Å². The van der Waals surface area contributed by atoms with Crippen LogP contribution in [0.15, 0.2) is 30.3 Å². The zero-order valence-corrected chi connectivity index (χ0v) is 14.5. The highest BCUT2D eigenvalue weighted by Gasteiger charge is 2.29. The van der Waals surface area contributed by atoms with Crippen LogP contribution < -0.4 is 29.0 Å². The molecule has 0 radical (unpaired) electrons. The van der Waals surface area contributed by atoms with Gasteiger partial charge in [-0.1, -0.05) is 0 Å². The maximum Gasteiger partial charge on any atom is 0.265 e. The summed E-state index contributed by atoms with van der Waals surface area (Å²) in [6, 6.07) is 8.90. The first-order valence-corrected chi connectivity index (χ1v) is 8.29. The minimum atomic E-state index is -0.583. The molecule has 4 rings (SSSR count). The lowest BCUT2D eigenvalue weighted by atomic mass is 10.0. The molecule has 2 aromatic rings. The van der Waals surface area contributed by atoms with Crippen LogP contribution in [0.5, 0.6) is 28.7 Å². The molecular formula is C19H19NO6. The van der Waals surface area contributed by atoms with Crippen molar-refractivity contribution in [2.45, 2.75) is 18.9 Å². The number of anilines is 1. The van der Waals surface area contributed by atoms with E-state index in [1.807, 2.05) is 6.07 Å². The normalized spacial score (nSPS) is 17.1. The fourth-order valence-corrected chi connectivity index (χ4v) is 3.06. The fourth-order valence-electron chi connectivity index (χ4n) is 3.06. The van der Waals surface area contributed by atoms with E-state index in [1.165, 1.54) is 0 Å². The summed E-state index contributed by atoms with van der Waals surface area (Å²) in [4.78, 5) is 12.6. The highest BCUT2D eigenvalue weighted by molar-refractivity contribution is 5.95. The molecule has 2 aromatic carbocycles. The number of carbonyl (C=O) groups excluding carboxylic acids is 1. The number of aryl methyl sites for hydroxylation is 1. The molecule has 0 saturated carbocycles. The molecule has 0 aromatic heterocycles. The first kappa shape index (κ1) is 16.4. The summed E-state index contributed by atoms with van der Waals surface area (Å²) in [5, 5.41) is 2.86. The molecule has 0 saturated heterocycles. The Morgan fingerprint density at radius 3 is 2.38 bits per heavy atom. The molecule has 7 nitrogen and oxygen atoms in total. The van der Waals surface area contributed by atoms with Gasteiger partial charge in [0.25, 0.3) is 5.91 Å². The molecule has 0 fully saturated rings. The molecule has 2 aliphatic heterocycles. The maximum atomic E-state index is 12.6. The lowest BCUT2D eigenvalue weighted by Crippen LogP contribution is -2.35. The topological polar surface area (TPSA) is 75.3 Å². The Morgan fingerprint density at radius 2 is 1.69 bits per heavy atom. The van der Waals surface area contributed by atoms with Gasteiger partial charge in [-0.2, -0.15) is 0 Å². The van der Waals surface area contributed by atoms with E-state index in [-0.39, 0.29) is 12.7 Å². The van der Waals surface area contributed by atoms with Gasteiger partial charge in [0.15, 0.2) is 17.6 Å². The van der Waals surface area contributed by atoms with Gasteiger partial charge in [-0.15, -0.1) is 0 Å². The molecule has 7 heteroatoms. The van der Waals surface area contributed by atoms with Crippen LogP contribution in [-0.2, 0) is 11.2 Å². The van der Waals surface area contributed by atoms with Crippen molar-refractivity contribution in [2.75, 3.05) is 26.3 Å². The Balaban J connectivity index is 1.50. The molecule has 26 heavy (non-hydrogen) atoms. The van der Waals surface area contributed by atoms with Gasteiger partial charge in [0.2, 0.25) is 6.79 Å². The highest BCUT2D eigenvalue weighted by Crippen LogP contribution is 2.41. The van der Waals surface area contributed by atoms with Crippen molar-refractivity contribution in [1.82, 2.24) is 0 Å². The molecule has 1 N–H and O–H groups in total. The van der Waals surface area contributed by atoms with Crippen LogP contribution in [-0.4, -0.2) is 33.0 Å². The van der Waals surface area contributed by atoms with Gasteiger partial charge in [-0.3, -0.25) is 4.79 Å². The third kappa shape index (κ3) is 3.08. The van der Waals surface area contributed by atoms with Crippen molar-refractivity contribution in [3.05, 3.63) is 35.9 Å². The van der Waals surface area contributed by atoms with Crippen molar-refractivity contribution in [2.24, 2.45) is 0 Å². The van der Waals surface area contributed by atoms with E-state index in [4.69, 9.17) is 23.7 Å². The van der Waals surface area contributed by atoms with E-state index in [1.54, 1.807) is 38.5 Å². The Kier molecular flexibility index (Phi) is 4.20. The lowest BCUT2D eigenvalue weighted by molar-refractivity contribution is -0.123. The van der Waals surface area contributed by atoms with Crippen LogP contribution in [0.25, 0.3) is 0 Å². The van der Waals surface area contributed by atoms with Crippen LogP contribution in [0.2, 0.25) is 0 Å². The minimum absolute atomic E-state index is 0.208. The number of hydrogen-bond donors (Lipinski definition) is 1. The molecule has 1 amide bonds. The zero-order valence-electron chi connectivity index (χ0n) is 14.5. The molecule has 1 unspecified atom stereocenters. The molecule has 136 valence electrons. The largest absolute Gasteiger partial charge is 0.497 e. The van der Waals surface area contributed by atoms with Gasteiger partial charge >= 0.3 is 0 Å². The number of carbonyl (C=O) groups is 1. The molecule has 2 aliphatic rings. The van der Waals surface area contributed by atoms with Gasteiger partial charge in [-0.25, -0.2) is 0 Å². The van der Waals surface area contributed by atoms with Crippen LogP contribution in [0.3, 0.4) is 0 Å². The summed E-state index contributed by atoms with van der Waals surface area (Å²) in [5.74, 6) is 3.00. The second-order valence-corrected chi connectivity index (χ2v) is 6.05. The van der Waals surface area contributed by atoms with Gasteiger partial charge in [0.1, 0.15) is 17.2 Å². The Labute approximate surface area is 150 Å². The van der Waals surface area contributed by atoms with Crippen molar-refractivity contribution in [3.63, 3.8) is 0 Å². The van der Waals surface area contributed by atoms with Gasteiger partial charge in [0.05, 0.1) is 14.2 Å². The number of nitrogens with one attached hydrogen (secondary N) is 1. The third-order valence-electron chi connectivity index (χ3n) is 4.41. The number of rotatable bonds is 4. The summed E-state index contributed by atoms with van der Waals surface area (Å²) >= 11 is 0. The van der Waals surface area contributed by atoms with Crippen LogP contribution in [0, 0.1) is 0 Å². The van der Waals surface area contributed by atoms with E-state index in [0.29, 0.717) is 35.1 Å². The van der Waals surface area contributed by atoms with Crippen molar-refractivity contribution in [3.8, 4) is 28.7 Å². The average molecular weight is 357 g/mol. The standard InChI is InChI=1S/C19H19NO6/c1-22-13-6-12(7-14(8-13)23-2)20-19(21)15-4-3-11-5-17-18(25-10-24-17)9-16(11)26-15/h5-9,15H,3-4,10H2,1-2H3,(H,20,21). The predicted molar refractivity (Wildman–Crippen MR) is 93.5 cm³/mol. The van der Waals surface area contributed by atoms with Crippen molar-refractivity contribution in [1.29, 1.82) is 0 Å². The van der Waals surface area contributed by atoms with E-state index in [0.717, 1.165) is 17.7 Å². The van der Waals surface area contributed by atoms with Crippen LogP contribution in [0.1, 0.15) is 12.0 Å². The average Bonchev–Trinajstić information content (AvgIpc) is 3.12. The summed E-state index contributed by atoms with van der Waals surface area (Å²) in [7, 11) is 3.12. The SMILES string of the molecule is COc1cc(NC(=O)C2CCc3cc4c(cc3O2)OCO4)cc(OC)c1. The summed E-state index contributed by atoms with van der Waals surface area (Å²) in [6.07, 6.45) is 0.727. The van der Waals surface area contributed by atoms with Crippen LogP contribution >= 0.6 is 0 Å². The number of methoxy groups -OCH3 is 2. The van der Waals surface area contributed by atoms with Crippen molar-refractivity contribution >= 4 is 11.6 Å². The molecular weight excluding hydrogens is 338 g/mol. The monoisotopic (exact) mass is 357 g/mol. The summed E-state index contributed by atoms with van der Waals surface area (Å²) in [6.45, 7) is 0.208. The van der Waals surface area contributed by atoms with E-state index in [9.17, 15) is 4.79 Å². The second-order valence-electron chi connectivity index (χ2n) is 6.05. The Morgan fingerprint density at radius 1 is 1.00 bits per heavy atom. The lowest BCUT2D eigenvalue weighted by Gasteiger charge is -2.25. The van der Waals surface area contributed by atoms with E-state index >= 15 is 0 Å². The Hall–Kier alpha value is -3.09. The van der Waals surface area contributed by atoms with Gasteiger partial charge < -0.3 is 29.0 Å². The predicted octanol–water partition coefficient (Wildman–Crippen LogP) is 2.76. The zero-order chi connectivity index (χ0) is 18.1. The number of ether oxygens (including phenoxy) is 5. The van der Waals surface area contributed by atoms with Gasteiger partial charge in [0, 0.05) is 30.0 Å². The number of amides is 1. The summed E-state index contributed by atoms with van der Waals surface area (Å²) < 4.78 is 27.1. The quantitative estimate of drug-likeness (QED) is 0.907.